The fraction of sp³-hybridized carbons (Fsp3) is 0.324. The number of fused-ring (bicyclic) bond motifs is 1. The first kappa shape index (κ1) is 29.8. The summed E-state index contributed by atoms with van der Waals surface area (Å²) in [5.41, 5.74) is 4.19. The van der Waals surface area contributed by atoms with Crippen LogP contribution in [-0.4, -0.2) is 43.6 Å². The van der Waals surface area contributed by atoms with Crippen molar-refractivity contribution >= 4 is 23.6 Å². The van der Waals surface area contributed by atoms with E-state index >= 15 is 0 Å². The monoisotopic (exact) mass is 616 g/mol. The molecule has 6 rings (SSSR count). The van der Waals surface area contributed by atoms with Gasteiger partial charge in [-0.3, -0.25) is 9.88 Å². The Balaban J connectivity index is 1.17. The lowest BCUT2D eigenvalue weighted by molar-refractivity contribution is -0.131. The number of imidazole rings is 1. The Morgan fingerprint density at radius 3 is 2.70 bits per heavy atom. The quantitative estimate of drug-likeness (QED) is 0.207. The van der Waals surface area contributed by atoms with Gasteiger partial charge in [-0.25, -0.2) is 14.2 Å². The Bertz CT molecular complexity index is 1720. The van der Waals surface area contributed by atoms with Crippen molar-refractivity contribution in [1.82, 2.24) is 19.4 Å². The zero-order valence-electron chi connectivity index (χ0n) is 24.7. The van der Waals surface area contributed by atoms with Gasteiger partial charge in [0.25, 0.3) is 5.79 Å². The maximum absolute atomic E-state index is 14.8. The molecule has 0 radical (unpaired) electrons. The molecule has 4 aromatic rings. The van der Waals surface area contributed by atoms with E-state index in [0.29, 0.717) is 35.2 Å². The van der Waals surface area contributed by atoms with Gasteiger partial charge in [-0.15, -0.1) is 0 Å². The highest BCUT2D eigenvalue weighted by molar-refractivity contribution is 6.30. The molecule has 2 aromatic carbocycles. The molecule has 1 unspecified atom stereocenters. The number of aromatic nitrogens is 3. The lowest BCUT2D eigenvalue weighted by Crippen LogP contribution is -2.34. The third-order valence-electron chi connectivity index (χ3n) is 8.44. The number of aryl methyl sites for hydroxylation is 1. The van der Waals surface area contributed by atoms with Gasteiger partial charge in [0.05, 0.1) is 30.5 Å². The van der Waals surface area contributed by atoms with Crippen molar-refractivity contribution in [3.8, 4) is 11.5 Å². The number of ether oxygens (including phenoxy) is 2. The molecule has 44 heavy (non-hydrogen) atoms. The smallest absolute Gasteiger partial charge is 0.328 e. The van der Waals surface area contributed by atoms with Crippen LogP contribution < -0.4 is 9.47 Å². The number of hydrogen-bond acceptors (Lipinski definition) is 6. The number of piperidine rings is 1. The molecule has 1 fully saturated rings. The predicted octanol–water partition coefficient (Wildman–Crippen LogP) is 6.80. The molecule has 2 aromatic heterocycles. The molecular formula is C34H34ClFN4O4. The van der Waals surface area contributed by atoms with E-state index in [-0.39, 0.29) is 5.92 Å². The van der Waals surface area contributed by atoms with Crippen molar-refractivity contribution in [3.05, 3.63) is 112 Å². The number of para-hydroxylation sites is 1. The Labute approximate surface area is 260 Å². The third kappa shape index (κ3) is 6.07. The summed E-state index contributed by atoms with van der Waals surface area (Å²) in [7, 11) is 0. The molecule has 0 amide bonds. The summed E-state index contributed by atoms with van der Waals surface area (Å²) in [4.78, 5) is 22.8. The minimum Gasteiger partial charge on any atom is -0.478 e. The summed E-state index contributed by atoms with van der Waals surface area (Å²) in [6.07, 6.45) is 8.87. The van der Waals surface area contributed by atoms with E-state index in [1.54, 1.807) is 37.5 Å². The van der Waals surface area contributed by atoms with Crippen LogP contribution in [0.25, 0.3) is 6.08 Å². The maximum Gasteiger partial charge on any atom is 0.328 e. The number of hydrogen-bond donors (Lipinski definition) is 1. The van der Waals surface area contributed by atoms with Gasteiger partial charge >= 0.3 is 5.97 Å². The second-order valence-electron chi connectivity index (χ2n) is 11.3. The zero-order valence-corrected chi connectivity index (χ0v) is 25.4. The average molecular weight is 617 g/mol. The highest BCUT2D eigenvalue weighted by Crippen LogP contribution is 2.49. The van der Waals surface area contributed by atoms with Crippen LogP contribution in [-0.2, 0) is 30.1 Å². The number of carboxylic acid groups (broad SMARTS) is 1. The molecule has 1 atom stereocenters. The molecule has 1 saturated heterocycles. The van der Waals surface area contributed by atoms with E-state index in [2.05, 4.69) is 33.5 Å². The number of aliphatic carboxylic acids is 1. The zero-order chi connectivity index (χ0) is 30.8. The van der Waals surface area contributed by atoms with E-state index in [1.807, 2.05) is 18.2 Å². The number of rotatable bonds is 9. The van der Waals surface area contributed by atoms with Crippen LogP contribution in [0.3, 0.4) is 0 Å². The number of carboxylic acids is 1. The Morgan fingerprint density at radius 2 is 1.95 bits per heavy atom. The van der Waals surface area contributed by atoms with Gasteiger partial charge in [0.1, 0.15) is 11.6 Å². The molecule has 0 saturated carbocycles. The Kier molecular flexibility index (Phi) is 8.42. The number of pyridine rings is 1. The number of nitrogens with zero attached hydrogens (tertiary/aromatic N) is 4. The fourth-order valence-corrected chi connectivity index (χ4v) is 6.33. The second-order valence-corrected chi connectivity index (χ2v) is 11.8. The highest BCUT2D eigenvalue weighted by Gasteiger charge is 2.43. The van der Waals surface area contributed by atoms with E-state index in [9.17, 15) is 14.3 Å². The van der Waals surface area contributed by atoms with Crippen LogP contribution >= 0.6 is 11.6 Å². The first-order valence-corrected chi connectivity index (χ1v) is 15.2. The van der Waals surface area contributed by atoms with Crippen molar-refractivity contribution < 1.29 is 23.8 Å². The average Bonchev–Trinajstić information content (AvgIpc) is 3.56. The number of likely N-dealkylation sites (tertiary alicyclic amines) is 1. The number of halogens is 2. The Hall–Kier alpha value is -4.21. The van der Waals surface area contributed by atoms with E-state index in [1.165, 1.54) is 6.07 Å². The third-order valence-corrected chi connectivity index (χ3v) is 8.67. The lowest BCUT2D eigenvalue weighted by atomic mass is 9.88. The van der Waals surface area contributed by atoms with Crippen LogP contribution in [0.1, 0.15) is 66.5 Å². The van der Waals surface area contributed by atoms with Gasteiger partial charge in [-0.2, -0.15) is 0 Å². The molecule has 228 valence electrons. The maximum atomic E-state index is 14.8. The topological polar surface area (TPSA) is 89.7 Å². The number of carbonyl (C=O) groups is 1. The van der Waals surface area contributed by atoms with Crippen molar-refractivity contribution in [2.75, 3.05) is 13.1 Å². The van der Waals surface area contributed by atoms with Gasteiger partial charge in [0, 0.05) is 35.5 Å². The molecular weight excluding hydrogens is 583 g/mol. The summed E-state index contributed by atoms with van der Waals surface area (Å²) in [6.45, 7) is 6.68. The first-order chi connectivity index (χ1) is 21.2. The van der Waals surface area contributed by atoms with Crippen LogP contribution in [0.15, 0.2) is 67.0 Å². The van der Waals surface area contributed by atoms with E-state index in [0.717, 1.165) is 66.8 Å². The van der Waals surface area contributed by atoms with Crippen LogP contribution in [0.4, 0.5) is 4.39 Å². The van der Waals surface area contributed by atoms with Crippen molar-refractivity contribution in [1.29, 1.82) is 0 Å². The van der Waals surface area contributed by atoms with Gasteiger partial charge in [-0.05, 0) is 80.2 Å². The second kappa shape index (κ2) is 12.4. The fourth-order valence-electron chi connectivity index (χ4n) is 6.17. The molecule has 0 aliphatic carbocycles. The van der Waals surface area contributed by atoms with Gasteiger partial charge in [0.15, 0.2) is 11.5 Å². The summed E-state index contributed by atoms with van der Waals surface area (Å²) in [5, 5.41) is 9.53. The molecule has 0 bridgehead atoms. The lowest BCUT2D eigenvalue weighted by Gasteiger charge is -2.32. The predicted molar refractivity (Wildman–Crippen MR) is 165 cm³/mol. The largest absolute Gasteiger partial charge is 0.478 e. The van der Waals surface area contributed by atoms with Crippen LogP contribution in [0, 0.1) is 5.82 Å². The first-order valence-electron chi connectivity index (χ1n) is 14.8. The van der Waals surface area contributed by atoms with Crippen LogP contribution in [0.2, 0.25) is 5.02 Å². The molecule has 0 spiro atoms. The molecule has 2 aliphatic heterocycles. The van der Waals surface area contributed by atoms with E-state index < -0.39 is 17.6 Å². The Morgan fingerprint density at radius 1 is 1.14 bits per heavy atom. The molecule has 1 N–H and O–H groups in total. The standard InChI is InChI=1S/C34H34ClFN4O4/c1-3-29-23(6-5-15-37-29)20-40-25(10-12-32(41)42)19-38-31(40)21-39-16-13-22(14-17-39)26-7-4-8-30-33(26)44-34(2,43-30)27-11-9-24(35)18-28(27)36/h4-12,15,18-19,22H,3,13-14,16-17,20-21H2,1-2H3,(H,41,42)/b12-10+. The van der Waals surface area contributed by atoms with Crippen molar-refractivity contribution in [2.24, 2.45) is 0 Å². The van der Waals surface area contributed by atoms with Crippen molar-refractivity contribution in [3.63, 3.8) is 0 Å². The summed E-state index contributed by atoms with van der Waals surface area (Å²) >= 11 is 5.97. The molecule has 8 nitrogen and oxygen atoms in total. The molecule has 2 aliphatic rings. The van der Waals surface area contributed by atoms with E-state index in [4.69, 9.17) is 26.1 Å². The minimum absolute atomic E-state index is 0.249. The van der Waals surface area contributed by atoms with Crippen LogP contribution in [0.5, 0.6) is 11.5 Å². The van der Waals surface area contributed by atoms with Gasteiger partial charge in [-0.1, -0.05) is 36.7 Å². The van der Waals surface area contributed by atoms with Crippen molar-refractivity contribution in [2.45, 2.75) is 57.9 Å². The molecule has 4 heterocycles. The summed E-state index contributed by atoms with van der Waals surface area (Å²) < 4.78 is 29.4. The van der Waals surface area contributed by atoms with Gasteiger partial charge in [0.2, 0.25) is 0 Å². The normalized spacial score (nSPS) is 18.7. The summed E-state index contributed by atoms with van der Waals surface area (Å²) in [6, 6.07) is 14.4. The molecule has 10 heteroatoms. The SMILES string of the molecule is CCc1ncccc1Cn1c(/C=C/C(=O)O)cnc1CN1CCC(c2cccc3c2OC(C)(c2ccc(Cl)cc2F)O3)CC1. The van der Waals surface area contributed by atoms with Gasteiger partial charge < -0.3 is 19.1 Å². The minimum atomic E-state index is -1.29. The highest BCUT2D eigenvalue weighted by atomic mass is 35.5. The summed E-state index contributed by atoms with van der Waals surface area (Å²) in [5.74, 6) is -0.377. The number of benzene rings is 2.